The lowest BCUT2D eigenvalue weighted by Gasteiger charge is -2.28. The number of carbonyl (C=O) groups excluding carboxylic acids is 1. The molecular formula is C10H22NO4P. The molecule has 96 valence electrons. The van der Waals surface area contributed by atoms with Crippen molar-refractivity contribution < 1.29 is 18.4 Å². The minimum absolute atomic E-state index is 0.234. The maximum absolute atomic E-state index is 12.4. The molecule has 0 saturated carbocycles. The highest BCUT2D eigenvalue weighted by molar-refractivity contribution is 7.55. The standard InChI is InChI=1S/C10H22NO4P/c1-5-9(11)10(8(4)12)16(13,14-6-2)15-7-3/h9-10H,5-7,11H2,1-4H3. The van der Waals surface area contributed by atoms with Gasteiger partial charge in [0.25, 0.3) is 0 Å². The second-order valence-corrected chi connectivity index (χ2v) is 5.66. The third kappa shape index (κ3) is 3.98. The van der Waals surface area contributed by atoms with Crippen LogP contribution in [0.5, 0.6) is 0 Å². The first-order chi connectivity index (χ1) is 7.42. The molecule has 16 heavy (non-hydrogen) atoms. The maximum Gasteiger partial charge on any atom is 0.342 e. The van der Waals surface area contributed by atoms with Gasteiger partial charge in [-0.2, -0.15) is 0 Å². The van der Waals surface area contributed by atoms with Crippen LogP contribution in [0.15, 0.2) is 0 Å². The molecule has 0 aliphatic carbocycles. The van der Waals surface area contributed by atoms with E-state index < -0.39 is 19.3 Å². The second-order valence-electron chi connectivity index (χ2n) is 3.50. The summed E-state index contributed by atoms with van der Waals surface area (Å²) in [4.78, 5) is 11.5. The Hall–Kier alpha value is -0.220. The summed E-state index contributed by atoms with van der Waals surface area (Å²) in [5.41, 5.74) is 4.95. The highest BCUT2D eigenvalue weighted by Crippen LogP contribution is 2.54. The zero-order chi connectivity index (χ0) is 12.8. The van der Waals surface area contributed by atoms with Gasteiger partial charge >= 0.3 is 7.60 Å². The normalized spacial score (nSPS) is 15.8. The Kier molecular flexibility index (Phi) is 7.07. The SMILES string of the molecule is CCOP(=O)(OCC)C(C(C)=O)C(N)CC. The third-order valence-electron chi connectivity index (χ3n) is 2.25. The van der Waals surface area contributed by atoms with Crippen LogP contribution in [0.2, 0.25) is 0 Å². The number of carbonyl (C=O) groups is 1. The zero-order valence-corrected chi connectivity index (χ0v) is 11.3. The largest absolute Gasteiger partial charge is 0.342 e. The van der Waals surface area contributed by atoms with Gasteiger partial charge in [-0.15, -0.1) is 0 Å². The summed E-state index contributed by atoms with van der Waals surface area (Å²) in [6, 6.07) is -0.499. The van der Waals surface area contributed by atoms with Gasteiger partial charge in [0.2, 0.25) is 0 Å². The van der Waals surface area contributed by atoms with E-state index in [1.54, 1.807) is 13.8 Å². The van der Waals surface area contributed by atoms with E-state index in [-0.39, 0.29) is 19.0 Å². The number of rotatable bonds is 8. The average molecular weight is 251 g/mol. The Bertz CT molecular complexity index is 260. The molecule has 5 nitrogen and oxygen atoms in total. The molecule has 2 N–H and O–H groups in total. The first-order valence-electron chi connectivity index (χ1n) is 5.57. The molecule has 0 aromatic rings. The number of hydrogen-bond donors (Lipinski definition) is 1. The van der Waals surface area contributed by atoms with E-state index in [9.17, 15) is 9.36 Å². The Morgan fingerprint density at radius 2 is 1.69 bits per heavy atom. The molecule has 0 radical (unpaired) electrons. The van der Waals surface area contributed by atoms with Crippen LogP contribution < -0.4 is 5.73 Å². The monoisotopic (exact) mass is 251 g/mol. The van der Waals surface area contributed by atoms with Gasteiger partial charge in [-0.05, 0) is 27.2 Å². The highest BCUT2D eigenvalue weighted by Gasteiger charge is 2.42. The Balaban J connectivity index is 5.09. The lowest BCUT2D eigenvalue weighted by molar-refractivity contribution is -0.117. The molecule has 0 aromatic carbocycles. The predicted molar refractivity (Wildman–Crippen MR) is 63.6 cm³/mol. The molecular weight excluding hydrogens is 229 g/mol. The van der Waals surface area contributed by atoms with Crippen LogP contribution in [-0.4, -0.2) is 30.7 Å². The van der Waals surface area contributed by atoms with E-state index in [0.717, 1.165) is 0 Å². The van der Waals surface area contributed by atoms with Crippen LogP contribution in [0.25, 0.3) is 0 Å². The van der Waals surface area contributed by atoms with Gasteiger partial charge in [0.05, 0.1) is 13.2 Å². The summed E-state index contributed by atoms with van der Waals surface area (Å²) in [5.74, 6) is -0.250. The van der Waals surface area contributed by atoms with Crippen molar-refractivity contribution in [2.24, 2.45) is 5.73 Å². The minimum Gasteiger partial charge on any atom is -0.326 e. The second kappa shape index (κ2) is 7.17. The van der Waals surface area contributed by atoms with Crippen LogP contribution >= 0.6 is 7.60 Å². The van der Waals surface area contributed by atoms with E-state index in [1.807, 2.05) is 6.92 Å². The summed E-state index contributed by atoms with van der Waals surface area (Å²) in [7, 11) is -3.43. The van der Waals surface area contributed by atoms with Crippen molar-refractivity contribution >= 4 is 13.4 Å². The molecule has 0 saturated heterocycles. The van der Waals surface area contributed by atoms with Crippen LogP contribution in [-0.2, 0) is 18.4 Å². The first-order valence-corrected chi connectivity index (χ1v) is 7.18. The van der Waals surface area contributed by atoms with E-state index in [4.69, 9.17) is 14.8 Å². The number of Topliss-reactive ketones (excluding diaryl/α,β-unsaturated/α-hetero) is 1. The minimum atomic E-state index is -3.43. The van der Waals surface area contributed by atoms with Gasteiger partial charge in [0.15, 0.2) is 0 Å². The van der Waals surface area contributed by atoms with E-state index in [0.29, 0.717) is 6.42 Å². The van der Waals surface area contributed by atoms with Crippen molar-refractivity contribution in [1.82, 2.24) is 0 Å². The van der Waals surface area contributed by atoms with Crippen molar-refractivity contribution in [2.75, 3.05) is 13.2 Å². The summed E-state index contributed by atoms with van der Waals surface area (Å²) in [6.45, 7) is 7.09. The first kappa shape index (κ1) is 15.8. The molecule has 0 aromatic heterocycles. The molecule has 2 atom stereocenters. The quantitative estimate of drug-likeness (QED) is 0.667. The van der Waals surface area contributed by atoms with Crippen molar-refractivity contribution in [3.05, 3.63) is 0 Å². The molecule has 0 amide bonds. The van der Waals surface area contributed by atoms with Gasteiger partial charge < -0.3 is 14.8 Å². The summed E-state index contributed by atoms with van der Waals surface area (Å²) < 4.78 is 22.7. The summed E-state index contributed by atoms with van der Waals surface area (Å²) >= 11 is 0. The zero-order valence-electron chi connectivity index (χ0n) is 10.4. The van der Waals surface area contributed by atoms with Crippen molar-refractivity contribution in [3.8, 4) is 0 Å². The van der Waals surface area contributed by atoms with Crippen LogP contribution in [0.3, 0.4) is 0 Å². The van der Waals surface area contributed by atoms with Gasteiger partial charge in [-0.3, -0.25) is 9.36 Å². The van der Waals surface area contributed by atoms with E-state index in [2.05, 4.69) is 0 Å². The van der Waals surface area contributed by atoms with Gasteiger partial charge in [0, 0.05) is 6.04 Å². The van der Waals surface area contributed by atoms with Gasteiger partial charge in [-0.25, -0.2) is 0 Å². The molecule has 0 spiro atoms. The Morgan fingerprint density at radius 3 is 1.94 bits per heavy atom. The van der Waals surface area contributed by atoms with Crippen LogP contribution in [0, 0.1) is 0 Å². The predicted octanol–water partition coefficient (Wildman–Crippen LogP) is 1.95. The number of ketones is 1. The topological polar surface area (TPSA) is 78.6 Å². The van der Waals surface area contributed by atoms with Crippen LogP contribution in [0.1, 0.15) is 34.1 Å². The smallest absolute Gasteiger partial charge is 0.326 e. The van der Waals surface area contributed by atoms with Crippen molar-refractivity contribution in [3.63, 3.8) is 0 Å². The molecule has 0 aliphatic rings. The molecule has 2 unspecified atom stereocenters. The molecule has 0 aliphatic heterocycles. The van der Waals surface area contributed by atoms with E-state index in [1.165, 1.54) is 6.92 Å². The fourth-order valence-corrected chi connectivity index (χ4v) is 3.78. The number of nitrogens with two attached hydrogens (primary N) is 1. The van der Waals surface area contributed by atoms with Crippen LogP contribution in [0.4, 0.5) is 0 Å². The third-order valence-corrected chi connectivity index (χ3v) is 4.92. The fourth-order valence-electron chi connectivity index (χ4n) is 1.54. The fraction of sp³-hybridized carbons (Fsp3) is 0.900. The van der Waals surface area contributed by atoms with E-state index >= 15 is 0 Å². The average Bonchev–Trinajstić information content (AvgIpc) is 2.17. The summed E-state index contributed by atoms with van der Waals surface area (Å²) in [6.07, 6.45) is 0.550. The number of hydrogen-bond acceptors (Lipinski definition) is 5. The maximum atomic E-state index is 12.4. The molecule has 0 bridgehead atoms. The highest BCUT2D eigenvalue weighted by atomic mass is 31.2. The van der Waals surface area contributed by atoms with Gasteiger partial charge in [0.1, 0.15) is 11.4 Å². The molecule has 6 heteroatoms. The van der Waals surface area contributed by atoms with Crippen molar-refractivity contribution in [2.45, 2.75) is 45.8 Å². The molecule has 0 fully saturated rings. The summed E-state index contributed by atoms with van der Waals surface area (Å²) in [5, 5.41) is 0. The molecule has 0 heterocycles. The lowest BCUT2D eigenvalue weighted by Crippen LogP contribution is -2.39. The Labute approximate surface area is 97.2 Å². The van der Waals surface area contributed by atoms with Gasteiger partial charge in [-0.1, -0.05) is 6.92 Å². The van der Waals surface area contributed by atoms with Crippen molar-refractivity contribution in [1.29, 1.82) is 0 Å². The Morgan fingerprint density at radius 1 is 1.25 bits per heavy atom. The molecule has 0 rings (SSSR count). The lowest BCUT2D eigenvalue weighted by atomic mass is 10.1.